The molecule has 2 N–H and O–H groups in total. The lowest BCUT2D eigenvalue weighted by Crippen LogP contribution is -2.13. The van der Waals surface area contributed by atoms with E-state index in [9.17, 15) is 16.8 Å². The highest BCUT2D eigenvalue weighted by Gasteiger charge is 2.17. The molecule has 5 rings (SSSR count). The van der Waals surface area contributed by atoms with Crippen molar-refractivity contribution in [1.29, 1.82) is 0 Å². The Morgan fingerprint density at radius 3 is 1.97 bits per heavy atom. The van der Waals surface area contributed by atoms with Gasteiger partial charge in [0.05, 0.1) is 39.3 Å². The summed E-state index contributed by atoms with van der Waals surface area (Å²) in [6.45, 7) is 0. The number of hydrogen-bond acceptors (Lipinski definition) is 6. The molecule has 0 aliphatic rings. The van der Waals surface area contributed by atoms with Gasteiger partial charge in [0, 0.05) is 22.5 Å². The van der Waals surface area contributed by atoms with Crippen LogP contribution in [-0.2, 0) is 20.0 Å². The maximum Gasteiger partial charge on any atom is 0.261 e. The van der Waals surface area contributed by atoms with Crippen molar-refractivity contribution in [2.45, 2.75) is 4.90 Å². The third-order valence-corrected chi connectivity index (χ3v) is 7.33. The third kappa shape index (κ3) is 4.79. The highest BCUT2D eigenvalue weighted by Crippen LogP contribution is 2.28. The van der Waals surface area contributed by atoms with E-state index in [1.54, 1.807) is 54.7 Å². The van der Waals surface area contributed by atoms with Crippen molar-refractivity contribution in [1.82, 2.24) is 9.97 Å². The topological polar surface area (TPSA) is 118 Å². The number of pyridine rings is 2. The Morgan fingerprint density at radius 1 is 0.657 bits per heavy atom. The smallest absolute Gasteiger partial charge is 0.261 e. The molecule has 0 amide bonds. The molecule has 0 saturated heterocycles. The number of benzene rings is 3. The SMILES string of the molecule is CS(=O)(=O)Nc1cccc2ccc(-c3ccc(S(=O)(=O)Nc4cccc5cccnc45)cc3)nc12. The fraction of sp³-hybridized carbons (Fsp3) is 0.0400. The van der Waals surface area contributed by atoms with Crippen LogP contribution in [0, 0.1) is 0 Å². The van der Waals surface area contributed by atoms with E-state index in [0.29, 0.717) is 33.7 Å². The van der Waals surface area contributed by atoms with Gasteiger partial charge in [-0.05, 0) is 36.4 Å². The molecule has 0 saturated carbocycles. The second kappa shape index (κ2) is 8.64. The van der Waals surface area contributed by atoms with Gasteiger partial charge in [-0.1, -0.05) is 48.5 Å². The summed E-state index contributed by atoms with van der Waals surface area (Å²) in [6.07, 6.45) is 2.69. The maximum absolute atomic E-state index is 13.0. The molecule has 8 nitrogen and oxygen atoms in total. The number of nitrogens with one attached hydrogen (secondary N) is 2. The Bertz CT molecular complexity index is 1780. The molecule has 0 atom stereocenters. The molecule has 2 aromatic heterocycles. The molecule has 0 spiro atoms. The van der Waals surface area contributed by atoms with E-state index >= 15 is 0 Å². The van der Waals surface area contributed by atoms with Crippen molar-refractivity contribution in [2.75, 3.05) is 15.7 Å². The summed E-state index contributed by atoms with van der Waals surface area (Å²) in [5.74, 6) is 0. The van der Waals surface area contributed by atoms with Crippen molar-refractivity contribution in [3.05, 3.63) is 91.1 Å². The van der Waals surface area contributed by atoms with Gasteiger partial charge >= 0.3 is 0 Å². The van der Waals surface area contributed by atoms with Gasteiger partial charge in [-0.15, -0.1) is 0 Å². The van der Waals surface area contributed by atoms with E-state index in [2.05, 4.69) is 19.4 Å². The first-order chi connectivity index (χ1) is 16.7. The third-order valence-electron chi connectivity index (χ3n) is 5.35. The zero-order valence-corrected chi connectivity index (χ0v) is 20.1. The predicted molar refractivity (Wildman–Crippen MR) is 138 cm³/mol. The molecule has 3 aromatic carbocycles. The fourth-order valence-electron chi connectivity index (χ4n) is 3.79. The molecule has 0 fully saturated rings. The molecule has 0 aliphatic heterocycles. The van der Waals surface area contributed by atoms with Gasteiger partial charge in [0.25, 0.3) is 10.0 Å². The van der Waals surface area contributed by atoms with Crippen LogP contribution >= 0.6 is 0 Å². The molecular formula is C25H20N4O4S2. The average molecular weight is 505 g/mol. The van der Waals surface area contributed by atoms with E-state index in [1.807, 2.05) is 24.3 Å². The van der Waals surface area contributed by atoms with E-state index in [-0.39, 0.29) is 4.90 Å². The number of hydrogen-bond donors (Lipinski definition) is 2. The van der Waals surface area contributed by atoms with Crippen LogP contribution in [0.4, 0.5) is 11.4 Å². The van der Waals surface area contributed by atoms with Crippen LogP contribution in [0.2, 0.25) is 0 Å². The summed E-state index contributed by atoms with van der Waals surface area (Å²) in [6, 6.07) is 24.2. The number of para-hydroxylation sites is 2. The molecule has 10 heteroatoms. The van der Waals surface area contributed by atoms with Crippen LogP contribution in [0.3, 0.4) is 0 Å². The van der Waals surface area contributed by atoms with E-state index in [1.165, 1.54) is 12.1 Å². The Labute approximate surface area is 202 Å². The van der Waals surface area contributed by atoms with Crippen LogP contribution in [0.1, 0.15) is 0 Å². The van der Waals surface area contributed by atoms with Gasteiger partial charge in [0.15, 0.2) is 0 Å². The van der Waals surface area contributed by atoms with Gasteiger partial charge in [-0.25, -0.2) is 21.8 Å². The lowest BCUT2D eigenvalue weighted by Gasteiger charge is -2.11. The summed E-state index contributed by atoms with van der Waals surface area (Å²) in [5, 5.41) is 1.60. The predicted octanol–water partition coefficient (Wildman–Crippen LogP) is 4.62. The van der Waals surface area contributed by atoms with Crippen molar-refractivity contribution in [2.24, 2.45) is 0 Å². The molecular weight excluding hydrogens is 484 g/mol. The number of rotatable bonds is 6. The minimum absolute atomic E-state index is 0.0920. The van der Waals surface area contributed by atoms with Crippen molar-refractivity contribution in [3.8, 4) is 11.3 Å². The Morgan fingerprint density at radius 2 is 1.29 bits per heavy atom. The summed E-state index contributed by atoms with van der Waals surface area (Å²) in [5.41, 5.74) is 3.10. The van der Waals surface area contributed by atoms with Gasteiger partial charge in [0.2, 0.25) is 10.0 Å². The van der Waals surface area contributed by atoms with Gasteiger partial charge in [-0.2, -0.15) is 0 Å². The molecule has 0 aliphatic carbocycles. The monoisotopic (exact) mass is 504 g/mol. The van der Waals surface area contributed by atoms with Gasteiger partial charge < -0.3 is 0 Å². The first-order valence-electron chi connectivity index (χ1n) is 10.5. The highest BCUT2D eigenvalue weighted by molar-refractivity contribution is 7.92. The van der Waals surface area contributed by atoms with Crippen LogP contribution in [0.15, 0.2) is 96.0 Å². The Hall–Kier alpha value is -4.02. The summed E-state index contributed by atoms with van der Waals surface area (Å²) in [4.78, 5) is 9.00. The summed E-state index contributed by atoms with van der Waals surface area (Å²) < 4.78 is 54.6. The summed E-state index contributed by atoms with van der Waals surface area (Å²) >= 11 is 0. The van der Waals surface area contributed by atoms with E-state index in [4.69, 9.17) is 0 Å². The number of sulfonamides is 2. The van der Waals surface area contributed by atoms with E-state index in [0.717, 1.165) is 17.0 Å². The zero-order chi connectivity index (χ0) is 24.6. The number of fused-ring (bicyclic) bond motifs is 2. The van der Waals surface area contributed by atoms with Crippen LogP contribution < -0.4 is 9.44 Å². The van der Waals surface area contributed by atoms with Crippen molar-refractivity contribution >= 4 is 53.2 Å². The van der Waals surface area contributed by atoms with Crippen LogP contribution in [0.25, 0.3) is 33.1 Å². The molecule has 35 heavy (non-hydrogen) atoms. The second-order valence-electron chi connectivity index (χ2n) is 7.96. The number of anilines is 2. The zero-order valence-electron chi connectivity index (χ0n) is 18.5. The lowest BCUT2D eigenvalue weighted by atomic mass is 10.1. The quantitative estimate of drug-likeness (QED) is 0.348. The minimum Gasteiger partial charge on any atom is -0.282 e. The summed E-state index contributed by atoms with van der Waals surface area (Å²) in [7, 11) is -7.33. The highest BCUT2D eigenvalue weighted by atomic mass is 32.2. The van der Waals surface area contributed by atoms with Gasteiger partial charge in [-0.3, -0.25) is 14.4 Å². The first-order valence-corrected chi connectivity index (χ1v) is 13.9. The molecule has 0 radical (unpaired) electrons. The second-order valence-corrected chi connectivity index (χ2v) is 11.4. The number of aromatic nitrogens is 2. The maximum atomic E-state index is 13.0. The average Bonchev–Trinajstić information content (AvgIpc) is 2.83. The molecule has 176 valence electrons. The first kappa shape index (κ1) is 22.8. The van der Waals surface area contributed by atoms with Crippen LogP contribution in [-0.4, -0.2) is 33.1 Å². The Balaban J connectivity index is 1.47. The largest absolute Gasteiger partial charge is 0.282 e. The van der Waals surface area contributed by atoms with Gasteiger partial charge in [0.1, 0.15) is 0 Å². The number of nitrogens with zero attached hydrogens (tertiary/aromatic N) is 2. The standard InChI is InChI=1S/C25H20N4O4S2/c1-34(30,31)28-23-9-3-6-19-12-15-21(27-25(19)23)17-10-13-20(14-11-17)35(32,33)29-22-8-2-5-18-7-4-16-26-24(18)22/h2-16,28-29H,1H3. The normalized spacial score (nSPS) is 12.0. The molecule has 5 aromatic rings. The lowest BCUT2D eigenvalue weighted by molar-refractivity contribution is 0.601. The fourth-order valence-corrected chi connectivity index (χ4v) is 5.42. The molecule has 0 bridgehead atoms. The minimum atomic E-state index is -3.85. The van der Waals surface area contributed by atoms with E-state index < -0.39 is 20.0 Å². The Kier molecular flexibility index (Phi) is 5.62. The molecule has 2 heterocycles. The van der Waals surface area contributed by atoms with Crippen LogP contribution in [0.5, 0.6) is 0 Å². The van der Waals surface area contributed by atoms with Crippen molar-refractivity contribution < 1.29 is 16.8 Å². The molecule has 0 unspecified atom stereocenters. The van der Waals surface area contributed by atoms with Crippen molar-refractivity contribution in [3.63, 3.8) is 0 Å².